The second-order valence-corrected chi connectivity index (χ2v) is 2.93. The lowest BCUT2D eigenvalue weighted by atomic mass is 10.1. The summed E-state index contributed by atoms with van der Waals surface area (Å²) in [7, 11) is 0. The van der Waals surface area contributed by atoms with Crippen molar-refractivity contribution >= 4 is 18.4 Å². The van der Waals surface area contributed by atoms with E-state index < -0.39 is 0 Å². The van der Waals surface area contributed by atoms with E-state index in [2.05, 4.69) is 6.58 Å². The maximum absolute atomic E-state index is 10.7. The lowest BCUT2D eigenvalue weighted by Gasteiger charge is -2.08. The number of benzene rings is 1. The average Bonchev–Trinajstić information content (AvgIpc) is 2.16. The monoisotopic (exact) mass is 227 g/mol. The minimum Gasteiger partial charge on any atom is -0.427 e. The molecule has 1 aromatic carbocycles. The van der Waals surface area contributed by atoms with Gasteiger partial charge in [-0.05, 0) is 17.7 Å². The molecule has 0 radical (unpaired) electrons. The summed E-state index contributed by atoms with van der Waals surface area (Å²) in [5.41, 5.74) is 6.61. The largest absolute Gasteiger partial charge is 0.427 e. The van der Waals surface area contributed by atoms with E-state index in [1.807, 2.05) is 6.07 Å². The van der Waals surface area contributed by atoms with Gasteiger partial charge in [0.15, 0.2) is 0 Å². The summed E-state index contributed by atoms with van der Waals surface area (Å²) in [6, 6.07) is 6.86. The third-order valence-electron chi connectivity index (χ3n) is 1.76. The van der Waals surface area contributed by atoms with Crippen molar-refractivity contribution in [3.63, 3.8) is 0 Å². The molecular formula is C11H14ClNO2. The van der Waals surface area contributed by atoms with Gasteiger partial charge in [0.2, 0.25) is 0 Å². The quantitative estimate of drug-likeness (QED) is 0.489. The van der Waals surface area contributed by atoms with Gasteiger partial charge in [-0.1, -0.05) is 18.2 Å². The van der Waals surface area contributed by atoms with Crippen LogP contribution in [0.2, 0.25) is 0 Å². The fourth-order valence-corrected chi connectivity index (χ4v) is 1.09. The van der Waals surface area contributed by atoms with E-state index >= 15 is 0 Å². The maximum atomic E-state index is 10.7. The molecule has 82 valence electrons. The zero-order valence-electron chi connectivity index (χ0n) is 8.47. The van der Waals surface area contributed by atoms with Gasteiger partial charge in [-0.2, -0.15) is 0 Å². The Hall–Kier alpha value is -1.32. The van der Waals surface area contributed by atoms with E-state index in [-0.39, 0.29) is 24.4 Å². The Morgan fingerprint density at radius 1 is 1.60 bits per heavy atom. The number of ether oxygens (including phenoxy) is 1. The van der Waals surface area contributed by atoms with Crippen molar-refractivity contribution in [3.8, 4) is 5.75 Å². The van der Waals surface area contributed by atoms with Gasteiger partial charge in [0.05, 0.1) is 0 Å². The molecule has 0 aromatic heterocycles. The van der Waals surface area contributed by atoms with Crippen LogP contribution in [0.4, 0.5) is 0 Å². The van der Waals surface area contributed by atoms with Crippen LogP contribution in [0.15, 0.2) is 36.9 Å². The maximum Gasteiger partial charge on any atom is 0.308 e. The Balaban J connectivity index is 0.00000196. The fourth-order valence-electron chi connectivity index (χ4n) is 1.09. The molecule has 0 spiro atoms. The number of halogens is 1. The third kappa shape index (κ3) is 4.14. The van der Waals surface area contributed by atoms with E-state index in [4.69, 9.17) is 10.5 Å². The van der Waals surface area contributed by atoms with Gasteiger partial charge < -0.3 is 10.5 Å². The summed E-state index contributed by atoms with van der Waals surface area (Å²) in [6.07, 6.45) is 1.63. The molecule has 2 N–H and O–H groups in total. The summed E-state index contributed by atoms with van der Waals surface area (Å²) >= 11 is 0. The zero-order chi connectivity index (χ0) is 10.6. The summed E-state index contributed by atoms with van der Waals surface area (Å²) in [4.78, 5) is 10.7. The average molecular weight is 228 g/mol. The molecule has 0 aliphatic heterocycles. The van der Waals surface area contributed by atoms with Crippen LogP contribution >= 0.6 is 12.4 Å². The third-order valence-corrected chi connectivity index (χ3v) is 1.76. The van der Waals surface area contributed by atoms with Crippen LogP contribution < -0.4 is 10.5 Å². The van der Waals surface area contributed by atoms with Crippen molar-refractivity contribution in [1.82, 2.24) is 0 Å². The second-order valence-electron chi connectivity index (χ2n) is 2.93. The van der Waals surface area contributed by atoms with Crippen LogP contribution in [0.1, 0.15) is 18.5 Å². The molecule has 0 saturated carbocycles. The van der Waals surface area contributed by atoms with E-state index in [0.29, 0.717) is 5.75 Å². The number of hydrogen-bond acceptors (Lipinski definition) is 3. The van der Waals surface area contributed by atoms with Crippen molar-refractivity contribution in [2.24, 2.45) is 5.73 Å². The fraction of sp³-hybridized carbons (Fsp3) is 0.182. The lowest BCUT2D eigenvalue weighted by molar-refractivity contribution is -0.131. The number of esters is 1. The van der Waals surface area contributed by atoms with Crippen molar-refractivity contribution in [3.05, 3.63) is 42.5 Å². The molecule has 0 unspecified atom stereocenters. The Morgan fingerprint density at radius 2 is 2.27 bits per heavy atom. The van der Waals surface area contributed by atoms with Crippen LogP contribution in [0, 0.1) is 0 Å². The molecular weight excluding hydrogens is 214 g/mol. The lowest BCUT2D eigenvalue weighted by Crippen LogP contribution is -2.07. The summed E-state index contributed by atoms with van der Waals surface area (Å²) in [6.45, 7) is 4.96. The number of rotatable bonds is 3. The highest BCUT2D eigenvalue weighted by Crippen LogP contribution is 2.18. The first-order valence-electron chi connectivity index (χ1n) is 4.30. The number of hydrogen-bond donors (Lipinski definition) is 1. The highest BCUT2D eigenvalue weighted by molar-refractivity contribution is 5.85. The summed E-state index contributed by atoms with van der Waals surface area (Å²) in [5.74, 6) is 0.168. The van der Waals surface area contributed by atoms with Crippen LogP contribution in [0.5, 0.6) is 5.75 Å². The second kappa shape index (κ2) is 6.22. The van der Waals surface area contributed by atoms with Gasteiger partial charge in [0, 0.05) is 13.0 Å². The molecule has 0 heterocycles. The van der Waals surface area contributed by atoms with Crippen molar-refractivity contribution in [2.45, 2.75) is 13.0 Å². The highest BCUT2D eigenvalue weighted by atomic mass is 35.5. The minimum absolute atomic E-state index is 0. The van der Waals surface area contributed by atoms with E-state index in [1.54, 1.807) is 24.3 Å². The molecule has 0 amide bonds. The molecule has 0 saturated heterocycles. The van der Waals surface area contributed by atoms with E-state index in [1.165, 1.54) is 6.92 Å². The Labute approximate surface area is 95.3 Å². The van der Waals surface area contributed by atoms with Crippen LogP contribution in [-0.4, -0.2) is 5.97 Å². The smallest absolute Gasteiger partial charge is 0.308 e. The standard InChI is InChI=1S/C11H13NO2.ClH/c1-3-11(12)9-5-4-6-10(7-9)14-8(2)13;/h3-7,11H,1,12H2,2H3;1H/t11-;/m1./s1. The Morgan fingerprint density at radius 3 is 2.80 bits per heavy atom. The SMILES string of the molecule is C=C[C@@H](N)c1cccc(OC(C)=O)c1.Cl. The van der Waals surface area contributed by atoms with Crippen molar-refractivity contribution in [2.75, 3.05) is 0 Å². The molecule has 4 heteroatoms. The molecule has 3 nitrogen and oxygen atoms in total. The van der Waals surface area contributed by atoms with Gasteiger partial charge >= 0.3 is 5.97 Å². The zero-order valence-corrected chi connectivity index (χ0v) is 9.29. The molecule has 15 heavy (non-hydrogen) atoms. The molecule has 1 atom stereocenters. The van der Waals surface area contributed by atoms with Gasteiger partial charge in [-0.15, -0.1) is 19.0 Å². The van der Waals surface area contributed by atoms with E-state index in [0.717, 1.165) is 5.56 Å². The molecule has 1 rings (SSSR count). The molecule has 0 fully saturated rings. The first-order valence-corrected chi connectivity index (χ1v) is 4.30. The molecule has 0 aliphatic rings. The van der Waals surface area contributed by atoms with Gasteiger partial charge in [-0.3, -0.25) is 4.79 Å². The Bertz CT molecular complexity index is 352. The van der Waals surface area contributed by atoms with Gasteiger partial charge in [-0.25, -0.2) is 0 Å². The minimum atomic E-state index is -0.339. The highest BCUT2D eigenvalue weighted by Gasteiger charge is 2.03. The van der Waals surface area contributed by atoms with E-state index in [9.17, 15) is 4.79 Å². The van der Waals surface area contributed by atoms with Crippen molar-refractivity contribution < 1.29 is 9.53 Å². The van der Waals surface area contributed by atoms with Crippen LogP contribution in [-0.2, 0) is 4.79 Å². The molecule has 0 bridgehead atoms. The summed E-state index contributed by atoms with van der Waals surface area (Å²) < 4.78 is 4.92. The van der Waals surface area contributed by atoms with Gasteiger partial charge in [0.1, 0.15) is 5.75 Å². The predicted octanol–water partition coefficient (Wildman–Crippen LogP) is 2.22. The topological polar surface area (TPSA) is 52.3 Å². The summed E-state index contributed by atoms with van der Waals surface area (Å²) in [5, 5.41) is 0. The molecule has 0 aliphatic carbocycles. The normalized spacial score (nSPS) is 11.1. The van der Waals surface area contributed by atoms with Crippen LogP contribution in [0.3, 0.4) is 0 Å². The first-order chi connectivity index (χ1) is 6.63. The number of carbonyl (C=O) groups is 1. The number of carbonyl (C=O) groups excluding carboxylic acids is 1. The van der Waals surface area contributed by atoms with Crippen LogP contribution in [0.25, 0.3) is 0 Å². The van der Waals surface area contributed by atoms with Crippen molar-refractivity contribution in [1.29, 1.82) is 0 Å². The predicted molar refractivity (Wildman–Crippen MR) is 62.1 cm³/mol. The first kappa shape index (κ1) is 13.7. The van der Waals surface area contributed by atoms with Gasteiger partial charge in [0.25, 0.3) is 0 Å². The number of nitrogens with two attached hydrogens (primary N) is 1. The Kier molecular flexibility index (Phi) is 5.67. The molecule has 1 aromatic rings.